The van der Waals surface area contributed by atoms with Crippen LogP contribution in [0.4, 0.5) is 0 Å². The number of ether oxygens (including phenoxy) is 1. The maximum atomic E-state index is 11.7. The molecule has 3 heteroatoms. The number of hydrogen-bond donors (Lipinski definition) is 0. The molecule has 0 aliphatic heterocycles. The van der Waals surface area contributed by atoms with Crippen molar-refractivity contribution in [1.29, 1.82) is 0 Å². The van der Waals surface area contributed by atoms with E-state index in [-0.39, 0.29) is 11.4 Å². The molecule has 1 aromatic heterocycles. The summed E-state index contributed by atoms with van der Waals surface area (Å²) in [6, 6.07) is 5.97. The van der Waals surface area contributed by atoms with E-state index in [1.165, 1.54) is 0 Å². The number of nitrogens with zero attached hydrogens (tertiary/aromatic N) is 1. The number of aromatic nitrogens is 1. The van der Waals surface area contributed by atoms with Crippen molar-refractivity contribution in [2.45, 2.75) is 40.2 Å². The Morgan fingerprint density at radius 1 is 1.24 bits per heavy atom. The quantitative estimate of drug-likeness (QED) is 0.431. The van der Waals surface area contributed by atoms with Crippen LogP contribution in [0.1, 0.15) is 33.6 Å². The summed E-state index contributed by atoms with van der Waals surface area (Å²) < 4.78 is 7.35. The molecule has 1 rings (SSSR count). The minimum atomic E-state index is -0.361. The maximum absolute atomic E-state index is 11.7. The molecule has 0 N–H and O–H groups in total. The van der Waals surface area contributed by atoms with Gasteiger partial charge >= 0.3 is 5.97 Å². The largest absolute Gasteiger partial charge is 0.465 e. The normalized spacial score (nSPS) is 11.2. The Morgan fingerprint density at radius 2 is 1.88 bits per heavy atom. The highest BCUT2D eigenvalue weighted by Crippen LogP contribution is 2.21. The predicted molar refractivity (Wildman–Crippen MR) is 66.3 cm³/mol. The first-order valence-corrected chi connectivity index (χ1v) is 6.17. The number of aryl methyl sites for hydroxylation is 1. The molecule has 0 aliphatic carbocycles. The van der Waals surface area contributed by atoms with Crippen LogP contribution in [-0.2, 0) is 16.1 Å². The SMILES string of the molecule is CCC(C)(C)C(=O)OCCC[n+]1ccccc1. The zero-order valence-corrected chi connectivity index (χ0v) is 11.0. The van der Waals surface area contributed by atoms with Gasteiger partial charge in [0.15, 0.2) is 18.9 Å². The number of carbonyl (C=O) groups is 1. The van der Waals surface area contributed by atoms with Gasteiger partial charge in [-0.15, -0.1) is 0 Å². The van der Waals surface area contributed by atoms with Crippen molar-refractivity contribution in [3.8, 4) is 0 Å². The van der Waals surface area contributed by atoms with Crippen LogP contribution in [0, 0.1) is 5.41 Å². The lowest BCUT2D eigenvalue weighted by Gasteiger charge is -2.19. The Balaban J connectivity index is 2.23. The fraction of sp³-hybridized carbons (Fsp3) is 0.571. The Bertz CT molecular complexity index is 346. The van der Waals surface area contributed by atoms with Crippen LogP contribution in [0.15, 0.2) is 30.6 Å². The molecule has 0 saturated carbocycles. The van der Waals surface area contributed by atoms with Gasteiger partial charge in [0.2, 0.25) is 0 Å². The summed E-state index contributed by atoms with van der Waals surface area (Å²) in [5.41, 5.74) is -0.361. The van der Waals surface area contributed by atoms with Crippen LogP contribution in [0.2, 0.25) is 0 Å². The Kier molecular flexibility index (Phi) is 5.13. The molecule has 17 heavy (non-hydrogen) atoms. The van der Waals surface area contributed by atoms with Gasteiger partial charge in [-0.05, 0) is 20.3 Å². The van der Waals surface area contributed by atoms with Crippen LogP contribution in [-0.4, -0.2) is 12.6 Å². The zero-order chi connectivity index (χ0) is 12.7. The first-order chi connectivity index (χ1) is 8.06. The Labute approximate surface area is 103 Å². The van der Waals surface area contributed by atoms with Crippen molar-refractivity contribution >= 4 is 5.97 Å². The Hall–Kier alpha value is -1.38. The van der Waals surface area contributed by atoms with Crippen molar-refractivity contribution < 1.29 is 14.1 Å². The fourth-order valence-corrected chi connectivity index (χ4v) is 1.34. The molecule has 1 aromatic rings. The second-order valence-corrected chi connectivity index (χ2v) is 4.84. The molecular formula is C14H22NO2+. The molecule has 0 atom stereocenters. The molecule has 1 heterocycles. The smallest absolute Gasteiger partial charge is 0.311 e. The van der Waals surface area contributed by atoms with Crippen LogP contribution in [0.3, 0.4) is 0 Å². The van der Waals surface area contributed by atoms with Gasteiger partial charge < -0.3 is 4.74 Å². The summed E-state index contributed by atoms with van der Waals surface area (Å²) in [5.74, 6) is -0.0990. The molecular weight excluding hydrogens is 214 g/mol. The van der Waals surface area contributed by atoms with Crippen molar-refractivity contribution in [1.82, 2.24) is 0 Å². The summed E-state index contributed by atoms with van der Waals surface area (Å²) >= 11 is 0. The van der Waals surface area contributed by atoms with Crippen molar-refractivity contribution in [3.05, 3.63) is 30.6 Å². The summed E-state index contributed by atoms with van der Waals surface area (Å²) in [5, 5.41) is 0. The van der Waals surface area contributed by atoms with Gasteiger partial charge in [-0.25, -0.2) is 4.57 Å². The van der Waals surface area contributed by atoms with E-state index in [2.05, 4.69) is 4.57 Å². The lowest BCUT2D eigenvalue weighted by atomic mass is 9.91. The van der Waals surface area contributed by atoms with Gasteiger partial charge in [-0.1, -0.05) is 13.0 Å². The summed E-state index contributed by atoms with van der Waals surface area (Å²) in [6.07, 6.45) is 5.68. The third kappa shape index (κ3) is 4.55. The number of esters is 1. The number of hydrogen-bond acceptors (Lipinski definition) is 2. The third-order valence-corrected chi connectivity index (χ3v) is 3.01. The van der Waals surface area contributed by atoms with Crippen LogP contribution >= 0.6 is 0 Å². The van der Waals surface area contributed by atoms with E-state index >= 15 is 0 Å². The second-order valence-electron chi connectivity index (χ2n) is 4.84. The topological polar surface area (TPSA) is 30.2 Å². The van der Waals surface area contributed by atoms with Crippen LogP contribution in [0.5, 0.6) is 0 Å². The molecule has 0 saturated heterocycles. The van der Waals surface area contributed by atoms with E-state index in [0.717, 1.165) is 19.4 Å². The molecule has 0 bridgehead atoms. The highest BCUT2D eigenvalue weighted by atomic mass is 16.5. The van der Waals surface area contributed by atoms with Crippen molar-refractivity contribution in [3.63, 3.8) is 0 Å². The van der Waals surface area contributed by atoms with Crippen LogP contribution < -0.4 is 4.57 Å². The molecule has 0 spiro atoms. The monoisotopic (exact) mass is 236 g/mol. The molecule has 0 unspecified atom stereocenters. The third-order valence-electron chi connectivity index (χ3n) is 3.01. The minimum absolute atomic E-state index is 0.0990. The van der Waals surface area contributed by atoms with Crippen molar-refractivity contribution in [2.24, 2.45) is 5.41 Å². The first kappa shape index (κ1) is 13.7. The van der Waals surface area contributed by atoms with Gasteiger partial charge in [-0.3, -0.25) is 4.79 Å². The van der Waals surface area contributed by atoms with E-state index in [1.807, 2.05) is 51.4 Å². The van der Waals surface area contributed by atoms with Gasteiger partial charge in [0, 0.05) is 18.6 Å². The van der Waals surface area contributed by atoms with Gasteiger partial charge in [0.25, 0.3) is 0 Å². The minimum Gasteiger partial charge on any atom is -0.465 e. The lowest BCUT2D eigenvalue weighted by Crippen LogP contribution is -2.33. The highest BCUT2D eigenvalue weighted by Gasteiger charge is 2.26. The number of carbonyl (C=O) groups excluding carboxylic acids is 1. The second kappa shape index (κ2) is 6.38. The van der Waals surface area contributed by atoms with E-state index in [0.29, 0.717) is 6.61 Å². The summed E-state index contributed by atoms with van der Waals surface area (Å²) in [7, 11) is 0. The van der Waals surface area contributed by atoms with E-state index in [1.54, 1.807) is 0 Å². The van der Waals surface area contributed by atoms with Gasteiger partial charge in [-0.2, -0.15) is 0 Å². The fourth-order valence-electron chi connectivity index (χ4n) is 1.34. The predicted octanol–water partition coefficient (Wildman–Crippen LogP) is 2.34. The Morgan fingerprint density at radius 3 is 2.47 bits per heavy atom. The summed E-state index contributed by atoms with van der Waals surface area (Å²) in [6.45, 7) is 7.20. The molecule has 0 aromatic carbocycles. The standard InChI is InChI=1S/C14H22NO2/c1-4-14(2,3)13(16)17-12-8-11-15-9-6-5-7-10-15/h5-7,9-10H,4,8,11-12H2,1-3H3/q+1. The summed E-state index contributed by atoms with van der Waals surface area (Å²) in [4.78, 5) is 11.7. The molecule has 3 nitrogen and oxygen atoms in total. The average Bonchev–Trinajstić information content (AvgIpc) is 2.35. The number of pyridine rings is 1. The van der Waals surface area contributed by atoms with E-state index in [4.69, 9.17) is 4.74 Å². The average molecular weight is 236 g/mol. The van der Waals surface area contributed by atoms with Gasteiger partial charge in [0.05, 0.1) is 12.0 Å². The van der Waals surface area contributed by atoms with Crippen molar-refractivity contribution in [2.75, 3.05) is 6.61 Å². The molecule has 0 fully saturated rings. The van der Waals surface area contributed by atoms with E-state index < -0.39 is 0 Å². The highest BCUT2D eigenvalue weighted by molar-refractivity contribution is 5.75. The van der Waals surface area contributed by atoms with Crippen LogP contribution in [0.25, 0.3) is 0 Å². The zero-order valence-electron chi connectivity index (χ0n) is 11.0. The molecule has 0 aliphatic rings. The molecule has 94 valence electrons. The molecule has 0 amide bonds. The van der Waals surface area contributed by atoms with Gasteiger partial charge in [0.1, 0.15) is 0 Å². The number of rotatable bonds is 6. The maximum Gasteiger partial charge on any atom is 0.311 e. The lowest BCUT2D eigenvalue weighted by molar-refractivity contribution is -0.697. The molecule has 0 radical (unpaired) electrons. The first-order valence-electron chi connectivity index (χ1n) is 6.17. The van der Waals surface area contributed by atoms with E-state index in [9.17, 15) is 4.79 Å².